The average molecular weight is 437 g/mol. The number of ether oxygens (including phenoxy) is 1. The first-order valence-corrected chi connectivity index (χ1v) is 9.76. The van der Waals surface area contributed by atoms with Crippen molar-refractivity contribution in [3.05, 3.63) is 47.2 Å². The normalized spacial score (nSPS) is 19.4. The quantitative estimate of drug-likeness (QED) is 0.665. The molecule has 0 aliphatic heterocycles. The average Bonchev–Trinajstić information content (AvgIpc) is 2.71. The molecule has 31 heavy (non-hydrogen) atoms. The fourth-order valence-corrected chi connectivity index (χ4v) is 3.51. The van der Waals surface area contributed by atoms with Crippen LogP contribution in [0.25, 0.3) is 11.3 Å². The topological polar surface area (TPSA) is 115 Å². The van der Waals surface area contributed by atoms with Crippen LogP contribution in [0, 0.1) is 5.92 Å². The Kier molecular flexibility index (Phi) is 6.59. The third kappa shape index (κ3) is 5.57. The molecule has 1 aromatic carbocycles. The van der Waals surface area contributed by atoms with Crippen LogP contribution in [-0.2, 0) is 26.9 Å². The van der Waals surface area contributed by atoms with Gasteiger partial charge in [-0.1, -0.05) is 19.1 Å². The second-order valence-electron chi connectivity index (χ2n) is 7.72. The van der Waals surface area contributed by atoms with E-state index in [0.29, 0.717) is 24.1 Å². The standard InChI is InChI=1S/C21H22F3N3O4/c1-11-7-17-14(18(8-11)31-20(30)15(25)5-6-19(28)29)10-16(26-27-17)12-3-2-4-13(9-12)21(22,23)24/h2-4,9-11,15,18H,5-8,25H2,1H3,(H,28,29)/t11?,15-,18?/m0/s1. The van der Waals surface area contributed by atoms with Crippen molar-refractivity contribution in [2.24, 2.45) is 11.7 Å². The number of hydrogen-bond donors (Lipinski definition) is 2. The van der Waals surface area contributed by atoms with Gasteiger partial charge in [0.15, 0.2) is 0 Å². The Bertz CT molecular complexity index is 981. The van der Waals surface area contributed by atoms with Crippen LogP contribution < -0.4 is 5.73 Å². The summed E-state index contributed by atoms with van der Waals surface area (Å²) in [5, 5.41) is 17.0. The van der Waals surface area contributed by atoms with Crippen molar-refractivity contribution in [3.63, 3.8) is 0 Å². The van der Waals surface area contributed by atoms with Gasteiger partial charge in [-0.3, -0.25) is 9.59 Å². The van der Waals surface area contributed by atoms with Crippen LogP contribution >= 0.6 is 0 Å². The Morgan fingerprint density at radius 3 is 2.71 bits per heavy atom. The Hall–Kier alpha value is -3.01. The van der Waals surface area contributed by atoms with E-state index in [9.17, 15) is 22.8 Å². The molecule has 0 saturated heterocycles. The van der Waals surface area contributed by atoms with Gasteiger partial charge in [-0.15, -0.1) is 0 Å². The van der Waals surface area contributed by atoms with Gasteiger partial charge < -0.3 is 15.6 Å². The molecule has 2 unspecified atom stereocenters. The van der Waals surface area contributed by atoms with E-state index in [1.54, 1.807) is 6.07 Å². The monoisotopic (exact) mass is 437 g/mol. The molecule has 1 heterocycles. The fraction of sp³-hybridized carbons (Fsp3) is 0.429. The molecule has 0 saturated carbocycles. The maximum atomic E-state index is 13.1. The molecule has 3 rings (SSSR count). The number of hydrogen-bond acceptors (Lipinski definition) is 6. The lowest BCUT2D eigenvalue weighted by molar-refractivity contribution is -0.152. The molecule has 3 N–H and O–H groups in total. The number of aromatic nitrogens is 2. The van der Waals surface area contributed by atoms with Gasteiger partial charge in [0.1, 0.15) is 12.1 Å². The summed E-state index contributed by atoms with van der Waals surface area (Å²) in [4.78, 5) is 23.0. The molecule has 0 spiro atoms. The van der Waals surface area contributed by atoms with E-state index >= 15 is 0 Å². The number of carboxylic acids is 1. The number of nitrogens with two attached hydrogens (primary N) is 1. The maximum Gasteiger partial charge on any atom is 0.416 e. The van der Waals surface area contributed by atoms with Crippen LogP contribution in [-0.4, -0.2) is 33.3 Å². The zero-order valence-corrected chi connectivity index (χ0v) is 16.7. The first kappa shape index (κ1) is 22.7. The lowest BCUT2D eigenvalue weighted by atomic mass is 9.85. The lowest BCUT2D eigenvalue weighted by Gasteiger charge is -2.29. The van der Waals surface area contributed by atoms with Crippen LogP contribution in [0.3, 0.4) is 0 Å². The third-order valence-corrected chi connectivity index (χ3v) is 5.13. The minimum Gasteiger partial charge on any atom is -0.481 e. The number of esters is 1. The smallest absolute Gasteiger partial charge is 0.416 e. The Morgan fingerprint density at radius 2 is 2.03 bits per heavy atom. The molecule has 1 aromatic heterocycles. The second kappa shape index (κ2) is 9.01. The minimum absolute atomic E-state index is 0.0621. The van der Waals surface area contributed by atoms with E-state index in [0.717, 1.165) is 12.1 Å². The maximum absolute atomic E-state index is 13.1. The molecule has 1 aliphatic carbocycles. The Balaban J connectivity index is 1.87. The highest BCUT2D eigenvalue weighted by atomic mass is 19.4. The van der Waals surface area contributed by atoms with Crippen molar-refractivity contribution >= 4 is 11.9 Å². The van der Waals surface area contributed by atoms with Crippen molar-refractivity contribution in [2.75, 3.05) is 0 Å². The van der Waals surface area contributed by atoms with Crippen molar-refractivity contribution in [2.45, 2.75) is 50.9 Å². The molecule has 0 bridgehead atoms. The van der Waals surface area contributed by atoms with E-state index < -0.39 is 35.8 Å². The molecule has 1 aliphatic rings. The number of alkyl halides is 3. The number of fused-ring (bicyclic) bond motifs is 1. The van der Waals surface area contributed by atoms with Crippen LogP contribution in [0.5, 0.6) is 0 Å². The highest BCUT2D eigenvalue weighted by Crippen LogP contribution is 2.37. The van der Waals surface area contributed by atoms with E-state index in [-0.39, 0.29) is 30.0 Å². The number of nitrogens with zero attached hydrogens (tertiary/aromatic N) is 2. The summed E-state index contributed by atoms with van der Waals surface area (Å²) in [6.45, 7) is 1.95. The summed E-state index contributed by atoms with van der Waals surface area (Å²) in [7, 11) is 0. The van der Waals surface area contributed by atoms with Gasteiger partial charge in [-0.2, -0.15) is 23.4 Å². The molecular formula is C21H22F3N3O4. The van der Waals surface area contributed by atoms with Crippen LogP contribution in [0.1, 0.15) is 49.1 Å². The van der Waals surface area contributed by atoms with E-state index in [1.807, 2.05) is 6.92 Å². The third-order valence-electron chi connectivity index (χ3n) is 5.13. The molecule has 10 heteroatoms. The van der Waals surface area contributed by atoms with Crippen LogP contribution in [0.15, 0.2) is 30.3 Å². The van der Waals surface area contributed by atoms with Crippen molar-refractivity contribution in [3.8, 4) is 11.3 Å². The number of rotatable bonds is 6. The molecule has 2 aromatic rings. The molecule has 0 radical (unpaired) electrons. The second-order valence-corrected chi connectivity index (χ2v) is 7.72. The SMILES string of the molecule is CC1Cc2nnc(-c3cccc(C(F)(F)F)c3)cc2C(OC(=O)[C@@H](N)CCC(=O)O)C1. The van der Waals surface area contributed by atoms with Gasteiger partial charge in [-0.25, -0.2) is 0 Å². The first-order chi connectivity index (χ1) is 14.5. The first-order valence-electron chi connectivity index (χ1n) is 9.76. The number of carbonyl (C=O) groups is 2. The van der Waals surface area contributed by atoms with Crippen molar-refractivity contribution in [1.82, 2.24) is 10.2 Å². The van der Waals surface area contributed by atoms with Crippen molar-refractivity contribution < 1.29 is 32.6 Å². The van der Waals surface area contributed by atoms with Crippen LogP contribution in [0.2, 0.25) is 0 Å². The zero-order valence-electron chi connectivity index (χ0n) is 16.7. The molecular weight excluding hydrogens is 415 g/mol. The van der Waals surface area contributed by atoms with E-state index in [1.165, 1.54) is 12.1 Å². The predicted octanol–water partition coefficient (Wildman–Crippen LogP) is 3.52. The van der Waals surface area contributed by atoms with Gasteiger partial charge in [-0.05, 0) is 43.4 Å². The number of aliphatic carboxylic acids is 1. The largest absolute Gasteiger partial charge is 0.481 e. The summed E-state index contributed by atoms with van der Waals surface area (Å²) >= 11 is 0. The molecule has 0 amide bonds. The molecule has 166 valence electrons. The van der Waals surface area contributed by atoms with Gasteiger partial charge in [0.2, 0.25) is 0 Å². The Labute approximate surface area is 176 Å². The van der Waals surface area contributed by atoms with Crippen molar-refractivity contribution in [1.29, 1.82) is 0 Å². The fourth-order valence-electron chi connectivity index (χ4n) is 3.51. The van der Waals surface area contributed by atoms with E-state index in [2.05, 4.69) is 10.2 Å². The van der Waals surface area contributed by atoms with Gasteiger partial charge in [0.05, 0.1) is 17.0 Å². The Morgan fingerprint density at radius 1 is 1.29 bits per heavy atom. The predicted molar refractivity (Wildman–Crippen MR) is 104 cm³/mol. The van der Waals surface area contributed by atoms with E-state index in [4.69, 9.17) is 15.6 Å². The number of benzene rings is 1. The molecule has 3 atom stereocenters. The highest BCUT2D eigenvalue weighted by molar-refractivity contribution is 5.77. The summed E-state index contributed by atoms with van der Waals surface area (Å²) in [6, 6.07) is 5.25. The van der Waals surface area contributed by atoms with Gasteiger partial charge in [0.25, 0.3) is 0 Å². The minimum atomic E-state index is -4.49. The summed E-state index contributed by atoms with van der Waals surface area (Å²) in [5.74, 6) is -1.67. The van der Waals surface area contributed by atoms with Gasteiger partial charge >= 0.3 is 18.1 Å². The number of carboxylic acid groups (broad SMARTS) is 1. The number of halogens is 3. The molecule has 0 fully saturated rings. The van der Waals surface area contributed by atoms with Crippen LogP contribution in [0.4, 0.5) is 13.2 Å². The molecule has 7 nitrogen and oxygen atoms in total. The highest BCUT2D eigenvalue weighted by Gasteiger charge is 2.32. The number of carbonyl (C=O) groups excluding carboxylic acids is 1. The summed E-state index contributed by atoms with van der Waals surface area (Å²) in [6.07, 6.45) is -4.44. The summed E-state index contributed by atoms with van der Waals surface area (Å²) in [5.41, 5.74) is 6.59. The summed E-state index contributed by atoms with van der Waals surface area (Å²) < 4.78 is 44.7. The lowest BCUT2D eigenvalue weighted by Crippen LogP contribution is -2.35. The van der Waals surface area contributed by atoms with Gasteiger partial charge in [0, 0.05) is 17.5 Å². The zero-order chi connectivity index (χ0) is 22.8.